The number of nitrogens with zero attached hydrogens (tertiary/aromatic N) is 1. The van der Waals surface area contributed by atoms with Crippen LogP contribution in [0.3, 0.4) is 0 Å². The van der Waals surface area contributed by atoms with E-state index in [9.17, 15) is 9.59 Å². The van der Waals surface area contributed by atoms with E-state index >= 15 is 0 Å². The predicted molar refractivity (Wildman–Crippen MR) is 139 cm³/mol. The number of anilines is 1. The van der Waals surface area contributed by atoms with Crippen molar-refractivity contribution in [3.05, 3.63) is 87.4 Å². The van der Waals surface area contributed by atoms with Gasteiger partial charge in [-0.15, -0.1) is 0 Å². The Morgan fingerprint density at radius 2 is 1.71 bits per heavy atom. The fourth-order valence-electron chi connectivity index (χ4n) is 3.13. The number of aryl methyl sites for hydroxylation is 1. The highest BCUT2D eigenvalue weighted by Gasteiger charge is 2.14. The fourth-order valence-corrected chi connectivity index (χ4v) is 3.45. The molecule has 3 rings (SSSR count). The summed E-state index contributed by atoms with van der Waals surface area (Å²) in [6, 6.07) is 17.8. The van der Waals surface area contributed by atoms with Crippen molar-refractivity contribution in [2.75, 3.05) is 11.9 Å². The number of carbonyl (C=O) groups excluding carboxylic acids is 2. The van der Waals surface area contributed by atoms with Gasteiger partial charge in [0.2, 0.25) is 0 Å². The van der Waals surface area contributed by atoms with Gasteiger partial charge in [-0.05, 0) is 66.4 Å². The number of hydrazone groups is 1. The maximum Gasteiger partial charge on any atom is 0.329 e. The van der Waals surface area contributed by atoms with Gasteiger partial charge in [0.1, 0.15) is 6.61 Å². The van der Waals surface area contributed by atoms with Crippen molar-refractivity contribution >= 4 is 46.9 Å². The molecular formula is C26H25Cl2N3O4. The van der Waals surface area contributed by atoms with Gasteiger partial charge in [0.05, 0.1) is 22.9 Å². The number of rotatable bonds is 9. The number of ether oxygens (including phenoxy) is 2. The Labute approximate surface area is 214 Å². The molecule has 2 N–H and O–H groups in total. The molecule has 0 unspecified atom stereocenters. The monoisotopic (exact) mass is 513 g/mol. The molecular weight excluding hydrogens is 489 g/mol. The third kappa shape index (κ3) is 7.47. The van der Waals surface area contributed by atoms with E-state index in [1.54, 1.807) is 42.5 Å². The molecule has 2 amide bonds. The second kappa shape index (κ2) is 12.8. The minimum Gasteiger partial charge on any atom is -0.490 e. The van der Waals surface area contributed by atoms with Crippen LogP contribution in [0.2, 0.25) is 10.0 Å². The summed E-state index contributed by atoms with van der Waals surface area (Å²) in [5.41, 5.74) is 5.26. The smallest absolute Gasteiger partial charge is 0.329 e. The quantitative estimate of drug-likeness (QED) is 0.220. The van der Waals surface area contributed by atoms with Gasteiger partial charge in [-0.1, -0.05) is 54.4 Å². The lowest BCUT2D eigenvalue weighted by Crippen LogP contribution is -2.32. The third-order valence-electron chi connectivity index (χ3n) is 4.88. The lowest BCUT2D eigenvalue weighted by molar-refractivity contribution is -0.136. The summed E-state index contributed by atoms with van der Waals surface area (Å²) in [5.74, 6) is -0.632. The molecule has 0 aromatic heterocycles. The standard InChI is InChI=1S/C26H25Cl2N3O4/c1-3-19-7-5-6-8-22(19)30-25(32)26(33)31-29-15-17-10-12-23(24(14-17)34-4-2)35-16-18-9-11-20(27)21(28)13-18/h5-15H,3-4,16H2,1-2H3,(H,30,32)(H,31,33)/b29-15-. The molecule has 182 valence electrons. The summed E-state index contributed by atoms with van der Waals surface area (Å²) in [5, 5.41) is 7.41. The van der Waals surface area contributed by atoms with Crippen molar-refractivity contribution in [3.63, 3.8) is 0 Å². The fraction of sp³-hybridized carbons (Fsp3) is 0.192. The molecule has 3 aromatic carbocycles. The number of benzene rings is 3. The summed E-state index contributed by atoms with van der Waals surface area (Å²) in [6.45, 7) is 4.53. The molecule has 0 aliphatic carbocycles. The summed E-state index contributed by atoms with van der Waals surface area (Å²) < 4.78 is 11.6. The highest BCUT2D eigenvalue weighted by atomic mass is 35.5. The zero-order chi connectivity index (χ0) is 25.2. The summed E-state index contributed by atoms with van der Waals surface area (Å²) in [6.07, 6.45) is 2.14. The van der Waals surface area contributed by atoms with Gasteiger partial charge in [-0.2, -0.15) is 5.10 Å². The second-order valence-corrected chi connectivity index (χ2v) is 8.15. The molecule has 0 fully saturated rings. The van der Waals surface area contributed by atoms with Gasteiger partial charge in [0.25, 0.3) is 0 Å². The molecule has 35 heavy (non-hydrogen) atoms. The zero-order valence-corrected chi connectivity index (χ0v) is 20.8. The molecule has 0 saturated heterocycles. The summed E-state index contributed by atoms with van der Waals surface area (Å²) >= 11 is 12.0. The number of carbonyl (C=O) groups is 2. The normalized spacial score (nSPS) is 10.7. The Balaban J connectivity index is 1.61. The lowest BCUT2D eigenvalue weighted by atomic mass is 10.1. The Bertz CT molecular complexity index is 1230. The van der Waals surface area contributed by atoms with Crippen LogP contribution in [0.4, 0.5) is 5.69 Å². The van der Waals surface area contributed by atoms with Crippen LogP contribution in [0.25, 0.3) is 0 Å². The van der Waals surface area contributed by atoms with Gasteiger partial charge in [-0.3, -0.25) is 9.59 Å². The van der Waals surface area contributed by atoms with E-state index in [2.05, 4.69) is 15.8 Å². The lowest BCUT2D eigenvalue weighted by Gasteiger charge is -2.13. The van der Waals surface area contributed by atoms with Gasteiger partial charge in [-0.25, -0.2) is 5.43 Å². The van der Waals surface area contributed by atoms with Crippen molar-refractivity contribution in [1.82, 2.24) is 5.43 Å². The van der Waals surface area contributed by atoms with E-state index in [0.717, 1.165) is 17.5 Å². The van der Waals surface area contributed by atoms with Crippen molar-refractivity contribution in [1.29, 1.82) is 0 Å². The minimum absolute atomic E-state index is 0.275. The number of para-hydroxylation sites is 1. The van der Waals surface area contributed by atoms with Crippen molar-refractivity contribution in [3.8, 4) is 11.5 Å². The van der Waals surface area contributed by atoms with E-state index in [4.69, 9.17) is 32.7 Å². The Kier molecular flexibility index (Phi) is 9.52. The molecule has 0 heterocycles. The van der Waals surface area contributed by atoms with Crippen LogP contribution in [0.5, 0.6) is 11.5 Å². The molecule has 0 atom stereocenters. The van der Waals surface area contributed by atoms with E-state index in [0.29, 0.717) is 39.4 Å². The Morgan fingerprint density at radius 3 is 2.46 bits per heavy atom. The molecule has 0 aliphatic rings. The first kappa shape index (κ1) is 26.1. The van der Waals surface area contributed by atoms with Crippen LogP contribution in [0.15, 0.2) is 65.8 Å². The number of amides is 2. The number of hydrogen-bond acceptors (Lipinski definition) is 5. The topological polar surface area (TPSA) is 89.0 Å². The highest BCUT2D eigenvalue weighted by Crippen LogP contribution is 2.30. The molecule has 9 heteroatoms. The van der Waals surface area contributed by atoms with Crippen LogP contribution in [-0.4, -0.2) is 24.6 Å². The maximum absolute atomic E-state index is 12.2. The first-order valence-corrected chi connectivity index (χ1v) is 11.7. The molecule has 0 saturated carbocycles. The Morgan fingerprint density at radius 1 is 0.914 bits per heavy atom. The highest BCUT2D eigenvalue weighted by molar-refractivity contribution is 6.42. The number of nitrogens with one attached hydrogen (secondary N) is 2. The van der Waals surface area contributed by atoms with Crippen LogP contribution < -0.4 is 20.2 Å². The van der Waals surface area contributed by atoms with Crippen molar-refractivity contribution in [2.45, 2.75) is 26.9 Å². The summed E-state index contributed by atoms with van der Waals surface area (Å²) in [7, 11) is 0. The minimum atomic E-state index is -0.876. The van der Waals surface area contributed by atoms with Crippen molar-refractivity contribution in [2.24, 2.45) is 5.10 Å². The van der Waals surface area contributed by atoms with Gasteiger partial charge in [0.15, 0.2) is 11.5 Å². The van der Waals surface area contributed by atoms with E-state index in [-0.39, 0.29) is 6.61 Å². The van der Waals surface area contributed by atoms with E-state index in [1.165, 1.54) is 6.21 Å². The molecule has 0 spiro atoms. The molecule has 0 bridgehead atoms. The number of hydrogen-bond donors (Lipinski definition) is 2. The van der Waals surface area contributed by atoms with Gasteiger partial charge in [0, 0.05) is 5.69 Å². The second-order valence-electron chi connectivity index (χ2n) is 7.34. The van der Waals surface area contributed by atoms with Gasteiger partial charge >= 0.3 is 11.8 Å². The molecule has 0 aliphatic heterocycles. The van der Waals surface area contributed by atoms with Crippen molar-refractivity contribution < 1.29 is 19.1 Å². The largest absolute Gasteiger partial charge is 0.490 e. The van der Waals surface area contributed by atoms with Crippen LogP contribution in [0, 0.1) is 0 Å². The zero-order valence-electron chi connectivity index (χ0n) is 19.3. The average Bonchev–Trinajstić information content (AvgIpc) is 2.86. The van der Waals surface area contributed by atoms with Crippen LogP contribution in [0.1, 0.15) is 30.5 Å². The number of halogens is 2. The SMILES string of the molecule is CCOc1cc(/C=N\NC(=O)C(=O)Nc2ccccc2CC)ccc1OCc1ccc(Cl)c(Cl)c1. The first-order chi connectivity index (χ1) is 16.9. The van der Waals surface area contributed by atoms with Crippen LogP contribution >= 0.6 is 23.2 Å². The van der Waals surface area contributed by atoms with E-state index in [1.807, 2.05) is 32.0 Å². The predicted octanol–water partition coefficient (Wildman–Crippen LogP) is 5.62. The first-order valence-electron chi connectivity index (χ1n) is 11.0. The molecule has 0 radical (unpaired) electrons. The Hall–Kier alpha value is -3.55. The third-order valence-corrected chi connectivity index (χ3v) is 5.62. The van der Waals surface area contributed by atoms with E-state index < -0.39 is 11.8 Å². The average molecular weight is 514 g/mol. The van der Waals surface area contributed by atoms with Crippen LogP contribution in [-0.2, 0) is 22.6 Å². The maximum atomic E-state index is 12.2. The summed E-state index contributed by atoms with van der Waals surface area (Å²) in [4.78, 5) is 24.3. The molecule has 3 aromatic rings. The van der Waals surface area contributed by atoms with Gasteiger partial charge < -0.3 is 14.8 Å². The molecule has 7 nitrogen and oxygen atoms in total.